The van der Waals surface area contributed by atoms with Gasteiger partial charge in [-0.1, -0.05) is 20.8 Å². The monoisotopic (exact) mass is 198 g/mol. The van der Waals surface area contributed by atoms with Crippen LogP contribution in [0.25, 0.3) is 0 Å². The molecule has 14 heavy (non-hydrogen) atoms. The van der Waals surface area contributed by atoms with E-state index in [-0.39, 0.29) is 11.3 Å². The van der Waals surface area contributed by atoms with Crippen molar-refractivity contribution in [1.29, 1.82) is 0 Å². The maximum Gasteiger partial charge on any atom is 0.227 e. The van der Waals surface area contributed by atoms with E-state index in [9.17, 15) is 4.79 Å². The summed E-state index contributed by atoms with van der Waals surface area (Å²) >= 11 is 0. The van der Waals surface area contributed by atoms with Crippen molar-refractivity contribution in [1.82, 2.24) is 5.32 Å². The molecular formula is C11H22N2O. The Kier molecular flexibility index (Phi) is 3.53. The first-order chi connectivity index (χ1) is 6.52. The third-order valence-corrected chi connectivity index (χ3v) is 3.45. The SMILES string of the molecule is CC(C)C(C)CNC(=O)C1(CN)CC1. The predicted molar refractivity (Wildman–Crippen MR) is 57.7 cm³/mol. The number of amides is 1. The molecule has 1 aliphatic carbocycles. The lowest BCUT2D eigenvalue weighted by Crippen LogP contribution is -2.39. The van der Waals surface area contributed by atoms with Crippen molar-refractivity contribution in [3.63, 3.8) is 0 Å². The molecule has 0 spiro atoms. The van der Waals surface area contributed by atoms with Gasteiger partial charge in [-0.2, -0.15) is 0 Å². The van der Waals surface area contributed by atoms with Crippen LogP contribution in [0.5, 0.6) is 0 Å². The normalized spacial score (nSPS) is 20.6. The lowest BCUT2D eigenvalue weighted by atomic mass is 9.97. The number of rotatable bonds is 5. The second-order valence-corrected chi connectivity index (χ2v) is 4.92. The largest absolute Gasteiger partial charge is 0.355 e. The molecule has 1 saturated carbocycles. The van der Waals surface area contributed by atoms with Gasteiger partial charge in [-0.15, -0.1) is 0 Å². The van der Waals surface area contributed by atoms with Crippen molar-refractivity contribution < 1.29 is 4.79 Å². The van der Waals surface area contributed by atoms with Gasteiger partial charge >= 0.3 is 0 Å². The summed E-state index contributed by atoms with van der Waals surface area (Å²) < 4.78 is 0. The molecule has 1 fully saturated rings. The van der Waals surface area contributed by atoms with Gasteiger partial charge in [0.15, 0.2) is 0 Å². The fourth-order valence-electron chi connectivity index (χ4n) is 1.35. The van der Waals surface area contributed by atoms with Crippen molar-refractivity contribution in [2.45, 2.75) is 33.6 Å². The number of hydrogen-bond donors (Lipinski definition) is 2. The molecule has 3 N–H and O–H groups in total. The van der Waals surface area contributed by atoms with Crippen molar-refractivity contribution in [3.8, 4) is 0 Å². The summed E-state index contributed by atoms with van der Waals surface area (Å²) in [5.41, 5.74) is 5.38. The van der Waals surface area contributed by atoms with E-state index < -0.39 is 0 Å². The summed E-state index contributed by atoms with van der Waals surface area (Å²) in [5, 5.41) is 3.00. The standard InChI is InChI=1S/C11H22N2O/c1-8(2)9(3)6-13-10(14)11(7-12)4-5-11/h8-9H,4-7,12H2,1-3H3,(H,13,14). The molecule has 0 heterocycles. The van der Waals surface area contributed by atoms with Crippen LogP contribution >= 0.6 is 0 Å². The van der Waals surface area contributed by atoms with Gasteiger partial charge in [0.1, 0.15) is 0 Å². The van der Waals surface area contributed by atoms with Crippen LogP contribution in [0.2, 0.25) is 0 Å². The molecule has 1 unspecified atom stereocenters. The van der Waals surface area contributed by atoms with E-state index in [4.69, 9.17) is 5.73 Å². The van der Waals surface area contributed by atoms with Crippen LogP contribution in [-0.2, 0) is 4.79 Å². The third-order valence-electron chi connectivity index (χ3n) is 3.45. The zero-order chi connectivity index (χ0) is 10.8. The lowest BCUT2D eigenvalue weighted by molar-refractivity contribution is -0.126. The van der Waals surface area contributed by atoms with E-state index >= 15 is 0 Å². The van der Waals surface area contributed by atoms with E-state index in [1.54, 1.807) is 0 Å². The van der Waals surface area contributed by atoms with Gasteiger partial charge in [-0.25, -0.2) is 0 Å². The first kappa shape index (κ1) is 11.5. The lowest BCUT2D eigenvalue weighted by Gasteiger charge is -2.18. The molecule has 0 saturated heterocycles. The molecule has 82 valence electrons. The average Bonchev–Trinajstić information content (AvgIpc) is 2.93. The summed E-state index contributed by atoms with van der Waals surface area (Å²) in [7, 11) is 0. The first-order valence-corrected chi connectivity index (χ1v) is 5.50. The highest BCUT2D eigenvalue weighted by Crippen LogP contribution is 2.44. The maximum atomic E-state index is 11.7. The topological polar surface area (TPSA) is 55.1 Å². The number of hydrogen-bond acceptors (Lipinski definition) is 2. The third kappa shape index (κ3) is 2.47. The number of carbonyl (C=O) groups excluding carboxylic acids is 1. The van der Waals surface area contributed by atoms with Crippen molar-refractivity contribution >= 4 is 5.91 Å². The molecule has 1 atom stereocenters. The number of nitrogens with two attached hydrogens (primary N) is 1. The van der Waals surface area contributed by atoms with Gasteiger partial charge in [0.05, 0.1) is 5.41 Å². The Bertz CT molecular complexity index is 209. The second kappa shape index (κ2) is 4.30. The van der Waals surface area contributed by atoms with Gasteiger partial charge in [-0.3, -0.25) is 4.79 Å². The summed E-state index contributed by atoms with van der Waals surface area (Å²) in [6.07, 6.45) is 1.93. The molecule has 1 amide bonds. The minimum Gasteiger partial charge on any atom is -0.355 e. The van der Waals surface area contributed by atoms with Crippen molar-refractivity contribution in [2.75, 3.05) is 13.1 Å². The van der Waals surface area contributed by atoms with Crippen LogP contribution in [0.4, 0.5) is 0 Å². The fourth-order valence-corrected chi connectivity index (χ4v) is 1.35. The highest BCUT2D eigenvalue weighted by Gasteiger charge is 2.48. The zero-order valence-electron chi connectivity index (χ0n) is 9.47. The Morgan fingerprint density at radius 1 is 1.43 bits per heavy atom. The molecule has 0 aliphatic heterocycles. The Hall–Kier alpha value is -0.570. The highest BCUT2D eigenvalue weighted by atomic mass is 16.2. The molecule has 3 heteroatoms. The van der Waals surface area contributed by atoms with Crippen LogP contribution in [0.15, 0.2) is 0 Å². The first-order valence-electron chi connectivity index (χ1n) is 5.50. The molecule has 0 aromatic heterocycles. The number of nitrogens with one attached hydrogen (secondary N) is 1. The quantitative estimate of drug-likeness (QED) is 0.696. The molecule has 0 bridgehead atoms. The molecule has 0 aromatic carbocycles. The van der Waals surface area contributed by atoms with Gasteiger partial charge < -0.3 is 11.1 Å². The minimum atomic E-state index is -0.198. The highest BCUT2D eigenvalue weighted by molar-refractivity contribution is 5.85. The van der Waals surface area contributed by atoms with E-state index in [1.165, 1.54) is 0 Å². The van der Waals surface area contributed by atoms with E-state index in [2.05, 4.69) is 26.1 Å². The van der Waals surface area contributed by atoms with Gasteiger partial charge in [0, 0.05) is 13.1 Å². The summed E-state index contributed by atoms with van der Waals surface area (Å²) in [4.78, 5) is 11.7. The molecule has 1 rings (SSSR count). The van der Waals surface area contributed by atoms with Crippen molar-refractivity contribution in [2.24, 2.45) is 23.0 Å². The summed E-state index contributed by atoms with van der Waals surface area (Å²) in [6, 6.07) is 0. The Morgan fingerprint density at radius 3 is 2.36 bits per heavy atom. The second-order valence-electron chi connectivity index (χ2n) is 4.92. The van der Waals surface area contributed by atoms with E-state index in [1.807, 2.05) is 0 Å². The molecule has 0 radical (unpaired) electrons. The minimum absolute atomic E-state index is 0.160. The molecule has 3 nitrogen and oxygen atoms in total. The van der Waals surface area contributed by atoms with Crippen LogP contribution in [0.1, 0.15) is 33.6 Å². The smallest absolute Gasteiger partial charge is 0.227 e. The Labute approximate surface area is 86.4 Å². The van der Waals surface area contributed by atoms with Gasteiger partial charge in [0.25, 0.3) is 0 Å². The van der Waals surface area contributed by atoms with E-state index in [0.29, 0.717) is 18.4 Å². The van der Waals surface area contributed by atoms with Crippen LogP contribution in [0.3, 0.4) is 0 Å². The van der Waals surface area contributed by atoms with Crippen LogP contribution < -0.4 is 11.1 Å². The van der Waals surface area contributed by atoms with Crippen LogP contribution in [0, 0.1) is 17.3 Å². The van der Waals surface area contributed by atoms with Crippen molar-refractivity contribution in [3.05, 3.63) is 0 Å². The Morgan fingerprint density at radius 2 is 2.00 bits per heavy atom. The molecular weight excluding hydrogens is 176 g/mol. The number of carbonyl (C=O) groups is 1. The average molecular weight is 198 g/mol. The van der Waals surface area contributed by atoms with Gasteiger partial charge in [-0.05, 0) is 24.7 Å². The summed E-state index contributed by atoms with van der Waals surface area (Å²) in [5.74, 6) is 1.31. The summed E-state index contributed by atoms with van der Waals surface area (Å²) in [6.45, 7) is 7.78. The predicted octanol–water partition coefficient (Wildman–Crippen LogP) is 1.13. The Balaban J connectivity index is 2.28. The van der Waals surface area contributed by atoms with Gasteiger partial charge in [0.2, 0.25) is 5.91 Å². The molecule has 0 aromatic rings. The maximum absolute atomic E-state index is 11.7. The zero-order valence-corrected chi connectivity index (χ0v) is 9.47. The van der Waals surface area contributed by atoms with E-state index in [0.717, 1.165) is 19.4 Å². The fraction of sp³-hybridized carbons (Fsp3) is 0.909. The van der Waals surface area contributed by atoms with Crippen LogP contribution in [-0.4, -0.2) is 19.0 Å². The molecule has 1 aliphatic rings.